The van der Waals surface area contributed by atoms with Crippen LogP contribution in [0.25, 0.3) is 0 Å². The largest absolute Gasteiger partial charge is 0.465 e. The van der Waals surface area contributed by atoms with E-state index in [-0.39, 0.29) is 22.4 Å². The molecule has 0 heterocycles. The number of benzene rings is 2. The molecule has 2 rings (SSSR count). The third kappa shape index (κ3) is 5.34. The van der Waals surface area contributed by atoms with Gasteiger partial charge >= 0.3 is 11.9 Å². The SMILES string of the molecule is COC(=O)c1ccc(C(=O)OC)c(N/C=C(/C#N)C(=O)Nc2ccccc2Cl)c1. The highest BCUT2D eigenvalue weighted by atomic mass is 35.5. The quantitative estimate of drug-likeness (QED) is 0.423. The van der Waals surface area contributed by atoms with E-state index in [0.29, 0.717) is 10.7 Å². The molecule has 8 nitrogen and oxygen atoms in total. The number of esters is 2. The summed E-state index contributed by atoms with van der Waals surface area (Å²) in [6.07, 6.45) is 1.11. The minimum Gasteiger partial charge on any atom is -0.465 e. The minimum atomic E-state index is -0.711. The maximum atomic E-state index is 12.3. The third-order valence-electron chi connectivity index (χ3n) is 3.71. The van der Waals surface area contributed by atoms with Crippen LogP contribution >= 0.6 is 11.6 Å². The van der Waals surface area contributed by atoms with Gasteiger partial charge in [0.25, 0.3) is 5.91 Å². The fourth-order valence-corrected chi connectivity index (χ4v) is 2.43. The maximum absolute atomic E-state index is 12.3. The van der Waals surface area contributed by atoms with Crippen molar-refractivity contribution in [2.45, 2.75) is 0 Å². The Balaban J connectivity index is 2.32. The van der Waals surface area contributed by atoms with Gasteiger partial charge in [-0.3, -0.25) is 4.79 Å². The van der Waals surface area contributed by atoms with Crippen LogP contribution < -0.4 is 10.6 Å². The average molecular weight is 414 g/mol. The first kappa shape index (κ1) is 21.5. The van der Waals surface area contributed by atoms with Crippen LogP contribution in [0.15, 0.2) is 54.2 Å². The second kappa shape index (κ2) is 9.92. The van der Waals surface area contributed by atoms with Crippen molar-refractivity contribution in [1.29, 1.82) is 5.26 Å². The van der Waals surface area contributed by atoms with E-state index in [1.165, 1.54) is 32.4 Å². The van der Waals surface area contributed by atoms with Gasteiger partial charge in [-0.2, -0.15) is 5.26 Å². The molecule has 2 N–H and O–H groups in total. The van der Waals surface area contributed by atoms with Gasteiger partial charge in [0, 0.05) is 6.20 Å². The van der Waals surface area contributed by atoms with Gasteiger partial charge < -0.3 is 20.1 Å². The summed E-state index contributed by atoms with van der Waals surface area (Å²) < 4.78 is 9.35. The fraction of sp³-hybridized carbons (Fsp3) is 0.100. The lowest BCUT2D eigenvalue weighted by atomic mass is 10.1. The number of nitriles is 1. The molecule has 0 bridgehead atoms. The number of halogens is 1. The lowest BCUT2D eigenvalue weighted by molar-refractivity contribution is -0.112. The molecular formula is C20H16ClN3O5. The summed E-state index contributed by atoms with van der Waals surface area (Å²) in [4.78, 5) is 36.0. The summed E-state index contributed by atoms with van der Waals surface area (Å²) in [5.41, 5.74) is 0.459. The Morgan fingerprint density at radius 1 is 1.03 bits per heavy atom. The monoisotopic (exact) mass is 413 g/mol. The van der Waals surface area contributed by atoms with E-state index in [2.05, 4.69) is 15.4 Å². The topological polar surface area (TPSA) is 118 Å². The minimum absolute atomic E-state index is 0.0974. The summed E-state index contributed by atoms with van der Waals surface area (Å²) >= 11 is 5.99. The first-order valence-corrected chi connectivity index (χ1v) is 8.52. The van der Waals surface area contributed by atoms with Crippen LogP contribution in [0, 0.1) is 11.3 Å². The van der Waals surface area contributed by atoms with E-state index < -0.39 is 17.8 Å². The Bertz CT molecular complexity index is 1030. The highest BCUT2D eigenvalue weighted by Gasteiger charge is 2.16. The fourth-order valence-electron chi connectivity index (χ4n) is 2.25. The molecule has 0 aromatic heterocycles. The number of ether oxygens (including phenoxy) is 2. The number of carbonyl (C=O) groups excluding carboxylic acids is 3. The lowest BCUT2D eigenvalue weighted by Gasteiger charge is -2.10. The van der Waals surface area contributed by atoms with Gasteiger partial charge in [-0.15, -0.1) is 0 Å². The smallest absolute Gasteiger partial charge is 0.339 e. The van der Waals surface area contributed by atoms with E-state index in [1.807, 2.05) is 0 Å². The van der Waals surface area contributed by atoms with Gasteiger partial charge in [-0.25, -0.2) is 9.59 Å². The van der Waals surface area contributed by atoms with Crippen molar-refractivity contribution in [3.05, 3.63) is 70.4 Å². The van der Waals surface area contributed by atoms with Crippen molar-refractivity contribution in [1.82, 2.24) is 0 Å². The second-order valence-corrected chi connectivity index (χ2v) is 5.90. The van der Waals surface area contributed by atoms with Crippen LogP contribution in [0.1, 0.15) is 20.7 Å². The van der Waals surface area contributed by atoms with E-state index in [1.54, 1.807) is 30.3 Å². The zero-order valence-electron chi connectivity index (χ0n) is 15.5. The summed E-state index contributed by atoms with van der Waals surface area (Å²) in [5, 5.41) is 14.8. The number of nitrogens with one attached hydrogen (secondary N) is 2. The Labute approximate surface area is 171 Å². The predicted octanol–water partition coefficient (Wildman–Crippen LogP) is 3.37. The summed E-state index contributed by atoms with van der Waals surface area (Å²) in [6.45, 7) is 0. The van der Waals surface area contributed by atoms with Crippen molar-refractivity contribution in [3.8, 4) is 6.07 Å². The molecule has 0 fully saturated rings. The molecule has 29 heavy (non-hydrogen) atoms. The molecule has 0 atom stereocenters. The molecule has 0 saturated heterocycles. The van der Waals surface area contributed by atoms with Crippen molar-refractivity contribution in [3.63, 3.8) is 0 Å². The van der Waals surface area contributed by atoms with Gasteiger partial charge in [0.1, 0.15) is 11.6 Å². The normalized spacial score (nSPS) is 10.5. The number of amides is 1. The molecule has 0 aliphatic rings. The second-order valence-electron chi connectivity index (χ2n) is 5.49. The molecule has 2 aromatic carbocycles. The number of carbonyl (C=O) groups is 3. The van der Waals surface area contributed by atoms with Crippen LogP contribution in [0.5, 0.6) is 0 Å². The van der Waals surface area contributed by atoms with Gasteiger partial charge in [0.05, 0.1) is 41.7 Å². The number of methoxy groups -OCH3 is 2. The Morgan fingerprint density at radius 3 is 2.34 bits per heavy atom. The standard InChI is InChI=1S/C20H16ClN3O5/c1-28-19(26)12-7-8-14(20(27)29-2)17(9-12)23-11-13(10-22)18(25)24-16-6-4-3-5-15(16)21/h3-9,11,23H,1-2H3,(H,24,25)/b13-11-. The summed E-state index contributed by atoms with van der Waals surface area (Å²) in [5.74, 6) is -2.00. The molecule has 0 saturated carbocycles. The Hall–Kier alpha value is -3.83. The molecule has 1 amide bonds. The lowest BCUT2D eigenvalue weighted by Crippen LogP contribution is -2.15. The number of hydrogen-bond donors (Lipinski definition) is 2. The maximum Gasteiger partial charge on any atom is 0.339 e. The molecule has 0 unspecified atom stereocenters. The van der Waals surface area contributed by atoms with E-state index in [4.69, 9.17) is 16.3 Å². The number of para-hydroxylation sites is 1. The third-order valence-corrected chi connectivity index (χ3v) is 4.03. The van der Waals surface area contributed by atoms with Crippen molar-refractivity contribution >= 4 is 40.8 Å². The molecule has 0 aliphatic carbocycles. The summed E-state index contributed by atoms with van der Waals surface area (Å²) in [6, 6.07) is 12.4. The van der Waals surface area contributed by atoms with Gasteiger partial charge in [0.2, 0.25) is 0 Å². The van der Waals surface area contributed by atoms with Crippen LogP contribution in [0.2, 0.25) is 5.02 Å². The predicted molar refractivity (Wildman–Crippen MR) is 107 cm³/mol. The zero-order valence-corrected chi connectivity index (χ0v) is 16.2. The van der Waals surface area contributed by atoms with Gasteiger partial charge in [-0.1, -0.05) is 23.7 Å². The molecule has 0 radical (unpaired) electrons. The van der Waals surface area contributed by atoms with Crippen molar-refractivity contribution in [2.24, 2.45) is 0 Å². The van der Waals surface area contributed by atoms with Gasteiger partial charge in [-0.05, 0) is 30.3 Å². The van der Waals surface area contributed by atoms with Crippen LogP contribution in [0.3, 0.4) is 0 Å². The first-order chi connectivity index (χ1) is 13.9. The highest BCUT2D eigenvalue weighted by molar-refractivity contribution is 6.34. The number of anilines is 2. The number of hydrogen-bond acceptors (Lipinski definition) is 7. The highest BCUT2D eigenvalue weighted by Crippen LogP contribution is 2.22. The van der Waals surface area contributed by atoms with E-state index in [9.17, 15) is 19.6 Å². The number of nitrogens with zero attached hydrogens (tertiary/aromatic N) is 1. The van der Waals surface area contributed by atoms with Crippen LogP contribution in [-0.4, -0.2) is 32.1 Å². The van der Waals surface area contributed by atoms with Crippen LogP contribution in [-0.2, 0) is 14.3 Å². The average Bonchev–Trinajstić information content (AvgIpc) is 2.74. The Morgan fingerprint density at radius 2 is 1.72 bits per heavy atom. The first-order valence-electron chi connectivity index (χ1n) is 8.14. The van der Waals surface area contributed by atoms with Crippen molar-refractivity contribution < 1.29 is 23.9 Å². The molecule has 148 valence electrons. The molecule has 2 aromatic rings. The summed E-state index contributed by atoms with van der Waals surface area (Å²) in [7, 11) is 2.42. The number of rotatable bonds is 6. The van der Waals surface area contributed by atoms with E-state index >= 15 is 0 Å². The molecule has 0 aliphatic heterocycles. The van der Waals surface area contributed by atoms with Crippen LogP contribution in [0.4, 0.5) is 11.4 Å². The van der Waals surface area contributed by atoms with Gasteiger partial charge in [0.15, 0.2) is 0 Å². The molecular weight excluding hydrogens is 398 g/mol. The molecule has 0 spiro atoms. The molecule has 9 heteroatoms. The zero-order chi connectivity index (χ0) is 21.4. The van der Waals surface area contributed by atoms with E-state index in [0.717, 1.165) is 6.20 Å². The van der Waals surface area contributed by atoms with Crippen molar-refractivity contribution in [2.75, 3.05) is 24.9 Å². The Kier molecular flexibility index (Phi) is 7.34.